The van der Waals surface area contributed by atoms with Gasteiger partial charge in [0.2, 0.25) is 11.8 Å². The van der Waals surface area contributed by atoms with Crippen molar-refractivity contribution in [1.82, 2.24) is 19.8 Å². The summed E-state index contributed by atoms with van der Waals surface area (Å²) in [4.78, 5) is 26.7. The molecule has 3 aromatic carbocycles. The minimum Gasteiger partial charge on any atom is -0.497 e. The Morgan fingerprint density at radius 1 is 0.884 bits per heavy atom. The van der Waals surface area contributed by atoms with Crippen molar-refractivity contribution in [2.75, 3.05) is 64.1 Å². The van der Waals surface area contributed by atoms with Crippen LogP contribution in [0, 0.1) is 13.8 Å². The summed E-state index contributed by atoms with van der Waals surface area (Å²) in [5, 5.41) is 5.97. The number of ether oxygens (including phenoxy) is 3. The SMILES string of the molecule is COc1ccc(NC(=O)Oc2cc(-c3cccc(C)c3C)nc(Nc3ccc(OCCN4CCN(C)CC4)cc3)n2)cc1. The van der Waals surface area contributed by atoms with Crippen LogP contribution >= 0.6 is 0 Å². The molecule has 0 saturated carbocycles. The first kappa shape index (κ1) is 29.8. The number of aryl methyl sites for hydroxylation is 1. The Balaban J connectivity index is 1.28. The third-order valence-electron chi connectivity index (χ3n) is 7.50. The summed E-state index contributed by atoms with van der Waals surface area (Å²) in [6.45, 7) is 9.95. The van der Waals surface area contributed by atoms with Gasteiger partial charge in [0, 0.05) is 55.7 Å². The number of methoxy groups -OCH3 is 1. The van der Waals surface area contributed by atoms with Crippen molar-refractivity contribution >= 4 is 23.4 Å². The molecule has 0 radical (unpaired) electrons. The molecule has 1 amide bonds. The maximum Gasteiger partial charge on any atom is 0.418 e. The van der Waals surface area contributed by atoms with Gasteiger partial charge in [-0.25, -0.2) is 9.78 Å². The average molecular weight is 583 g/mol. The van der Waals surface area contributed by atoms with Gasteiger partial charge in [-0.3, -0.25) is 10.2 Å². The Bertz CT molecular complexity index is 1520. The van der Waals surface area contributed by atoms with Crippen LogP contribution in [0.4, 0.5) is 22.1 Å². The largest absolute Gasteiger partial charge is 0.497 e. The highest BCUT2D eigenvalue weighted by atomic mass is 16.6. The first-order valence-electron chi connectivity index (χ1n) is 14.4. The van der Waals surface area contributed by atoms with E-state index in [0.29, 0.717) is 29.7 Å². The molecule has 10 nitrogen and oxygen atoms in total. The molecule has 0 aliphatic carbocycles. The number of likely N-dealkylation sites (N-methyl/N-ethyl adjacent to an activating group) is 1. The normalized spacial score (nSPS) is 13.8. The number of nitrogens with one attached hydrogen (secondary N) is 2. The van der Waals surface area contributed by atoms with Crippen LogP contribution in [0.1, 0.15) is 11.1 Å². The van der Waals surface area contributed by atoms with E-state index in [2.05, 4.69) is 32.5 Å². The molecule has 1 aliphatic heterocycles. The van der Waals surface area contributed by atoms with Gasteiger partial charge in [0.15, 0.2) is 0 Å². The lowest BCUT2D eigenvalue weighted by Crippen LogP contribution is -2.45. The van der Waals surface area contributed by atoms with Crippen LogP contribution in [-0.4, -0.2) is 79.3 Å². The molecule has 2 heterocycles. The van der Waals surface area contributed by atoms with Crippen LogP contribution in [0.2, 0.25) is 0 Å². The van der Waals surface area contributed by atoms with Gasteiger partial charge in [-0.05, 0) is 80.6 Å². The number of benzene rings is 3. The molecule has 0 unspecified atom stereocenters. The van der Waals surface area contributed by atoms with Crippen molar-refractivity contribution in [2.45, 2.75) is 13.8 Å². The van der Waals surface area contributed by atoms with E-state index >= 15 is 0 Å². The van der Waals surface area contributed by atoms with E-state index in [0.717, 1.165) is 60.9 Å². The van der Waals surface area contributed by atoms with Gasteiger partial charge in [-0.15, -0.1) is 0 Å². The Kier molecular flexibility index (Phi) is 9.70. The second-order valence-electron chi connectivity index (χ2n) is 10.5. The average Bonchev–Trinajstić information content (AvgIpc) is 3.00. The summed E-state index contributed by atoms with van der Waals surface area (Å²) in [5.74, 6) is 1.90. The highest BCUT2D eigenvalue weighted by Gasteiger charge is 2.15. The number of hydrogen-bond donors (Lipinski definition) is 2. The summed E-state index contributed by atoms with van der Waals surface area (Å²) >= 11 is 0. The highest BCUT2D eigenvalue weighted by Crippen LogP contribution is 2.29. The number of carbonyl (C=O) groups excluding carboxylic acids is 1. The zero-order chi connectivity index (χ0) is 30.2. The first-order valence-corrected chi connectivity index (χ1v) is 14.4. The van der Waals surface area contributed by atoms with Gasteiger partial charge < -0.3 is 24.4 Å². The van der Waals surface area contributed by atoms with Crippen LogP contribution in [0.15, 0.2) is 72.8 Å². The zero-order valence-corrected chi connectivity index (χ0v) is 25.1. The number of piperazine rings is 1. The maximum atomic E-state index is 12.7. The predicted octanol–water partition coefficient (Wildman–Crippen LogP) is 5.75. The summed E-state index contributed by atoms with van der Waals surface area (Å²) in [6, 6.07) is 22.3. The molecule has 1 aromatic heterocycles. The molecule has 43 heavy (non-hydrogen) atoms. The molecule has 1 aliphatic rings. The lowest BCUT2D eigenvalue weighted by atomic mass is 10.0. The van der Waals surface area contributed by atoms with Crippen LogP contribution in [-0.2, 0) is 0 Å². The van der Waals surface area contributed by atoms with Crippen LogP contribution < -0.4 is 24.8 Å². The van der Waals surface area contributed by atoms with Gasteiger partial charge in [0.05, 0.1) is 12.8 Å². The molecule has 0 bridgehead atoms. The second kappa shape index (κ2) is 14.0. The highest BCUT2D eigenvalue weighted by molar-refractivity contribution is 5.86. The van der Waals surface area contributed by atoms with E-state index in [9.17, 15) is 4.79 Å². The molecular weight excluding hydrogens is 544 g/mol. The molecule has 1 saturated heterocycles. The summed E-state index contributed by atoms with van der Waals surface area (Å²) in [5.41, 5.74) is 5.12. The maximum absolute atomic E-state index is 12.7. The molecule has 2 N–H and O–H groups in total. The van der Waals surface area contributed by atoms with Crippen molar-refractivity contribution in [3.63, 3.8) is 0 Å². The van der Waals surface area contributed by atoms with E-state index in [-0.39, 0.29) is 5.88 Å². The molecule has 1 fully saturated rings. The molecule has 224 valence electrons. The topological polar surface area (TPSA) is 101 Å². The number of rotatable bonds is 10. The lowest BCUT2D eigenvalue weighted by Gasteiger charge is -2.32. The van der Waals surface area contributed by atoms with Gasteiger partial charge >= 0.3 is 6.09 Å². The van der Waals surface area contributed by atoms with Crippen LogP contribution in [0.5, 0.6) is 17.4 Å². The Labute approximate surface area is 252 Å². The Morgan fingerprint density at radius 3 is 2.30 bits per heavy atom. The standard InChI is InChI=1S/C33H38N6O4/c1-23-6-5-7-29(24(23)2)30-22-31(43-33(40)35-26-8-12-27(41-4)13-9-26)37-32(36-30)34-25-10-14-28(15-11-25)42-21-20-39-18-16-38(3)17-19-39/h5-15,22H,16-21H2,1-4H3,(H,35,40)(H,34,36,37). The van der Waals surface area contributed by atoms with Crippen molar-refractivity contribution in [3.8, 4) is 28.6 Å². The first-order chi connectivity index (χ1) is 20.9. The molecule has 5 rings (SSSR count). The predicted molar refractivity (Wildman–Crippen MR) is 169 cm³/mol. The summed E-state index contributed by atoms with van der Waals surface area (Å²) in [6.07, 6.45) is -0.667. The Hall–Kier alpha value is -4.67. The van der Waals surface area contributed by atoms with Crippen molar-refractivity contribution in [2.24, 2.45) is 0 Å². The molecular formula is C33H38N6O4. The Morgan fingerprint density at radius 2 is 1.58 bits per heavy atom. The van der Waals surface area contributed by atoms with Gasteiger partial charge in [0.25, 0.3) is 0 Å². The monoisotopic (exact) mass is 582 g/mol. The minimum atomic E-state index is -0.667. The molecule has 10 heteroatoms. The van der Waals surface area contributed by atoms with Gasteiger partial charge in [0.1, 0.15) is 18.1 Å². The number of carbonyl (C=O) groups is 1. The summed E-state index contributed by atoms with van der Waals surface area (Å²) in [7, 11) is 3.74. The number of hydrogen-bond acceptors (Lipinski definition) is 9. The summed E-state index contributed by atoms with van der Waals surface area (Å²) < 4.78 is 16.8. The van der Waals surface area contributed by atoms with Crippen molar-refractivity contribution in [1.29, 1.82) is 0 Å². The third-order valence-corrected chi connectivity index (χ3v) is 7.50. The smallest absolute Gasteiger partial charge is 0.418 e. The second-order valence-corrected chi connectivity index (χ2v) is 10.5. The minimum absolute atomic E-state index is 0.114. The third kappa shape index (κ3) is 8.21. The van der Waals surface area contributed by atoms with Crippen molar-refractivity contribution < 1.29 is 19.0 Å². The van der Waals surface area contributed by atoms with Gasteiger partial charge in [-0.2, -0.15) is 4.98 Å². The van der Waals surface area contributed by atoms with Crippen molar-refractivity contribution in [3.05, 3.63) is 83.9 Å². The van der Waals surface area contributed by atoms with Crippen LogP contribution in [0.3, 0.4) is 0 Å². The lowest BCUT2D eigenvalue weighted by molar-refractivity contribution is 0.134. The van der Waals surface area contributed by atoms with E-state index in [1.807, 2.05) is 56.3 Å². The van der Waals surface area contributed by atoms with E-state index in [4.69, 9.17) is 19.2 Å². The van der Waals surface area contributed by atoms with Crippen LogP contribution in [0.25, 0.3) is 11.3 Å². The van der Waals surface area contributed by atoms with E-state index < -0.39 is 6.09 Å². The van der Waals surface area contributed by atoms with Gasteiger partial charge in [-0.1, -0.05) is 18.2 Å². The fourth-order valence-electron chi connectivity index (χ4n) is 4.74. The molecule has 0 atom stereocenters. The number of nitrogens with zero attached hydrogens (tertiary/aromatic N) is 4. The number of aromatic nitrogens is 2. The fourth-order valence-corrected chi connectivity index (χ4v) is 4.74. The quantitative estimate of drug-likeness (QED) is 0.242. The van der Waals surface area contributed by atoms with E-state index in [1.54, 1.807) is 37.4 Å². The number of anilines is 3. The molecule has 4 aromatic rings. The zero-order valence-electron chi connectivity index (χ0n) is 25.1. The fraction of sp³-hybridized carbons (Fsp3) is 0.303. The molecule has 0 spiro atoms. The van der Waals surface area contributed by atoms with E-state index in [1.165, 1.54) is 0 Å². The number of amides is 1.